The second kappa shape index (κ2) is 6.13. The highest BCUT2D eigenvalue weighted by molar-refractivity contribution is 5.82. The summed E-state index contributed by atoms with van der Waals surface area (Å²) < 4.78 is 0. The van der Waals surface area contributed by atoms with Crippen LogP contribution in [0.3, 0.4) is 0 Å². The van der Waals surface area contributed by atoms with Crippen LogP contribution >= 0.6 is 0 Å². The highest BCUT2D eigenvalue weighted by Gasteiger charge is 2.13. The maximum Gasteiger partial charge on any atom is 0.236 e. The first-order chi connectivity index (χ1) is 8.06. The maximum atomic E-state index is 11.1. The summed E-state index contributed by atoms with van der Waals surface area (Å²) in [5, 5.41) is 0. The van der Waals surface area contributed by atoms with Crippen LogP contribution in [0.15, 0.2) is 18.2 Å². The Labute approximate surface area is 103 Å². The second-order valence-electron chi connectivity index (χ2n) is 4.25. The molecule has 0 heterocycles. The van der Waals surface area contributed by atoms with Crippen molar-refractivity contribution in [1.29, 1.82) is 0 Å². The fourth-order valence-corrected chi connectivity index (χ4v) is 1.92. The van der Waals surface area contributed by atoms with Crippen molar-refractivity contribution in [2.75, 3.05) is 23.7 Å². The zero-order chi connectivity index (χ0) is 12.8. The first-order valence-corrected chi connectivity index (χ1v) is 5.94. The Bertz CT molecular complexity index is 370. The average molecular weight is 235 g/mol. The summed E-state index contributed by atoms with van der Waals surface area (Å²) in [6.45, 7) is 5.12. The molecule has 1 amide bonds. The van der Waals surface area contributed by atoms with Gasteiger partial charge >= 0.3 is 0 Å². The van der Waals surface area contributed by atoms with Crippen LogP contribution in [0.5, 0.6) is 0 Å². The summed E-state index contributed by atoms with van der Waals surface area (Å²) in [4.78, 5) is 13.1. The molecule has 0 radical (unpaired) electrons. The number of hydrogen-bond acceptors (Lipinski definition) is 3. The number of rotatable bonds is 6. The molecule has 4 N–H and O–H groups in total. The average Bonchev–Trinajstić information content (AvgIpc) is 2.24. The van der Waals surface area contributed by atoms with Gasteiger partial charge in [-0.25, -0.2) is 0 Å². The van der Waals surface area contributed by atoms with E-state index in [9.17, 15) is 4.79 Å². The summed E-state index contributed by atoms with van der Waals surface area (Å²) in [5.41, 5.74) is 14.0. The molecule has 0 aliphatic heterocycles. The van der Waals surface area contributed by atoms with Crippen LogP contribution in [0.2, 0.25) is 0 Å². The Morgan fingerprint density at radius 3 is 2.65 bits per heavy atom. The van der Waals surface area contributed by atoms with Crippen LogP contribution in [0, 0.1) is 6.92 Å². The number of anilines is 2. The number of carbonyl (C=O) groups is 1. The van der Waals surface area contributed by atoms with E-state index in [1.54, 1.807) is 0 Å². The molecule has 17 heavy (non-hydrogen) atoms. The molecular weight excluding hydrogens is 214 g/mol. The van der Waals surface area contributed by atoms with E-state index in [1.165, 1.54) is 0 Å². The van der Waals surface area contributed by atoms with Gasteiger partial charge in [0.25, 0.3) is 0 Å². The number of para-hydroxylation sites is 1. The van der Waals surface area contributed by atoms with E-state index in [2.05, 4.69) is 6.92 Å². The molecule has 0 bridgehead atoms. The topological polar surface area (TPSA) is 72.3 Å². The monoisotopic (exact) mass is 235 g/mol. The molecule has 0 aliphatic carbocycles. The van der Waals surface area contributed by atoms with E-state index in [1.807, 2.05) is 30.0 Å². The summed E-state index contributed by atoms with van der Waals surface area (Å²) in [5.74, 6) is -0.330. The third-order valence-electron chi connectivity index (χ3n) is 2.71. The van der Waals surface area contributed by atoms with Crippen LogP contribution in [-0.4, -0.2) is 19.0 Å². The Kier molecular flexibility index (Phi) is 4.82. The molecule has 4 nitrogen and oxygen atoms in total. The zero-order valence-electron chi connectivity index (χ0n) is 10.6. The molecule has 1 rings (SSSR count). The fraction of sp³-hybridized carbons (Fsp3) is 0.462. The molecule has 1 aromatic rings. The quantitative estimate of drug-likeness (QED) is 0.737. The Hall–Kier alpha value is -1.71. The van der Waals surface area contributed by atoms with Gasteiger partial charge in [-0.05, 0) is 25.0 Å². The van der Waals surface area contributed by atoms with Gasteiger partial charge in [-0.3, -0.25) is 4.79 Å². The molecule has 94 valence electrons. The van der Waals surface area contributed by atoms with Crippen LogP contribution in [-0.2, 0) is 4.79 Å². The third-order valence-corrected chi connectivity index (χ3v) is 2.71. The Balaban J connectivity index is 2.98. The third kappa shape index (κ3) is 3.66. The molecule has 0 saturated heterocycles. The lowest BCUT2D eigenvalue weighted by atomic mass is 10.1. The number of hydrogen-bond donors (Lipinski definition) is 2. The van der Waals surface area contributed by atoms with E-state index in [0.29, 0.717) is 5.69 Å². The standard InChI is InChI=1S/C13H21N3O/c1-3-4-8-16(9-12(15)17)13-10(2)6-5-7-11(13)14/h5-7H,3-4,8-9,14H2,1-2H3,(H2,15,17). The number of amides is 1. The molecule has 0 saturated carbocycles. The molecule has 0 fully saturated rings. The van der Waals surface area contributed by atoms with Gasteiger partial charge in [-0.1, -0.05) is 25.5 Å². The smallest absolute Gasteiger partial charge is 0.236 e. The summed E-state index contributed by atoms with van der Waals surface area (Å²) >= 11 is 0. The number of carbonyl (C=O) groups excluding carboxylic acids is 1. The lowest BCUT2D eigenvalue weighted by Crippen LogP contribution is -2.35. The SMILES string of the molecule is CCCCN(CC(N)=O)c1c(C)cccc1N. The number of benzene rings is 1. The predicted octanol–water partition coefficient (Wildman–Crippen LogP) is 1.67. The van der Waals surface area contributed by atoms with E-state index in [-0.39, 0.29) is 12.5 Å². The Morgan fingerprint density at radius 1 is 1.41 bits per heavy atom. The number of aryl methyl sites for hydroxylation is 1. The highest BCUT2D eigenvalue weighted by Crippen LogP contribution is 2.27. The van der Waals surface area contributed by atoms with Crippen molar-refractivity contribution >= 4 is 17.3 Å². The summed E-state index contributed by atoms with van der Waals surface area (Å²) in [7, 11) is 0. The van der Waals surface area contributed by atoms with Crippen molar-refractivity contribution in [3.05, 3.63) is 23.8 Å². The fourth-order valence-electron chi connectivity index (χ4n) is 1.92. The number of nitrogen functional groups attached to an aromatic ring is 1. The van der Waals surface area contributed by atoms with E-state index >= 15 is 0 Å². The van der Waals surface area contributed by atoms with E-state index < -0.39 is 0 Å². The van der Waals surface area contributed by atoms with Crippen molar-refractivity contribution < 1.29 is 4.79 Å². The van der Waals surface area contributed by atoms with Crippen LogP contribution in [0.1, 0.15) is 25.3 Å². The number of nitrogens with zero attached hydrogens (tertiary/aromatic N) is 1. The summed E-state index contributed by atoms with van der Waals surface area (Å²) in [6.07, 6.45) is 2.09. The Morgan fingerprint density at radius 2 is 2.12 bits per heavy atom. The zero-order valence-corrected chi connectivity index (χ0v) is 10.6. The van der Waals surface area contributed by atoms with Gasteiger partial charge in [0.05, 0.1) is 17.9 Å². The molecular formula is C13H21N3O. The minimum absolute atomic E-state index is 0.217. The first-order valence-electron chi connectivity index (χ1n) is 5.94. The van der Waals surface area contributed by atoms with Gasteiger partial charge in [0, 0.05) is 6.54 Å². The normalized spacial score (nSPS) is 10.2. The van der Waals surface area contributed by atoms with Gasteiger partial charge in [0.15, 0.2) is 0 Å². The van der Waals surface area contributed by atoms with Crippen molar-refractivity contribution in [3.8, 4) is 0 Å². The van der Waals surface area contributed by atoms with Gasteiger partial charge in [-0.15, -0.1) is 0 Å². The van der Waals surface area contributed by atoms with E-state index in [0.717, 1.165) is 30.6 Å². The molecule has 4 heteroatoms. The van der Waals surface area contributed by atoms with Crippen LogP contribution < -0.4 is 16.4 Å². The van der Waals surface area contributed by atoms with Crippen molar-refractivity contribution in [3.63, 3.8) is 0 Å². The van der Waals surface area contributed by atoms with Gasteiger partial charge in [0.2, 0.25) is 5.91 Å². The number of unbranched alkanes of at least 4 members (excludes halogenated alkanes) is 1. The van der Waals surface area contributed by atoms with Crippen LogP contribution in [0.25, 0.3) is 0 Å². The highest BCUT2D eigenvalue weighted by atomic mass is 16.1. The van der Waals surface area contributed by atoms with Gasteiger partial charge in [0.1, 0.15) is 0 Å². The lowest BCUT2D eigenvalue weighted by molar-refractivity contribution is -0.116. The predicted molar refractivity (Wildman–Crippen MR) is 71.9 cm³/mol. The van der Waals surface area contributed by atoms with Crippen molar-refractivity contribution in [2.24, 2.45) is 5.73 Å². The second-order valence-corrected chi connectivity index (χ2v) is 4.25. The largest absolute Gasteiger partial charge is 0.397 e. The van der Waals surface area contributed by atoms with E-state index in [4.69, 9.17) is 11.5 Å². The minimum Gasteiger partial charge on any atom is -0.397 e. The minimum atomic E-state index is -0.330. The number of primary amides is 1. The molecule has 0 aromatic heterocycles. The van der Waals surface area contributed by atoms with Gasteiger partial charge in [-0.2, -0.15) is 0 Å². The molecule has 0 aliphatic rings. The molecule has 1 aromatic carbocycles. The molecule has 0 spiro atoms. The van der Waals surface area contributed by atoms with Crippen molar-refractivity contribution in [2.45, 2.75) is 26.7 Å². The summed E-state index contributed by atoms with van der Waals surface area (Å²) in [6, 6.07) is 5.75. The van der Waals surface area contributed by atoms with Crippen LogP contribution in [0.4, 0.5) is 11.4 Å². The molecule has 0 atom stereocenters. The lowest BCUT2D eigenvalue weighted by Gasteiger charge is -2.26. The van der Waals surface area contributed by atoms with Crippen molar-refractivity contribution in [1.82, 2.24) is 0 Å². The van der Waals surface area contributed by atoms with Gasteiger partial charge < -0.3 is 16.4 Å². The number of nitrogens with two attached hydrogens (primary N) is 2. The molecule has 0 unspecified atom stereocenters. The maximum absolute atomic E-state index is 11.1. The first kappa shape index (κ1) is 13.4.